The Bertz CT molecular complexity index is 204. The van der Waals surface area contributed by atoms with Crippen molar-refractivity contribution in [2.24, 2.45) is 0 Å². The van der Waals surface area contributed by atoms with Gasteiger partial charge in [-0.3, -0.25) is 9.59 Å². The van der Waals surface area contributed by atoms with Gasteiger partial charge in [0.1, 0.15) is 6.42 Å². The van der Waals surface area contributed by atoms with E-state index in [9.17, 15) is 9.59 Å². The number of carbonyl (C=O) groups excluding carboxylic acids is 1. The average molecular weight is 217 g/mol. The Hall–Kier alpha value is -1.10. The van der Waals surface area contributed by atoms with Crippen molar-refractivity contribution < 1.29 is 19.4 Å². The van der Waals surface area contributed by atoms with Gasteiger partial charge in [0.15, 0.2) is 0 Å². The number of ether oxygens (including phenoxy) is 1. The Morgan fingerprint density at radius 1 is 1.33 bits per heavy atom. The molecule has 5 heteroatoms. The molecule has 0 aliphatic carbocycles. The fourth-order valence-corrected chi connectivity index (χ4v) is 0.974. The molecule has 0 saturated heterocycles. The second-order valence-electron chi connectivity index (χ2n) is 3.55. The number of hydrogen-bond acceptors (Lipinski definition) is 3. The molecular formula is C10H19NO4. The minimum absolute atomic E-state index is 0.228. The van der Waals surface area contributed by atoms with E-state index >= 15 is 0 Å². The fourth-order valence-electron chi connectivity index (χ4n) is 0.974. The lowest BCUT2D eigenvalue weighted by atomic mass is 10.3. The maximum absolute atomic E-state index is 10.9. The molecule has 0 bridgehead atoms. The van der Waals surface area contributed by atoms with Gasteiger partial charge in [-0.2, -0.15) is 0 Å². The van der Waals surface area contributed by atoms with E-state index in [4.69, 9.17) is 9.84 Å². The SMILES string of the molecule is CC(C)OCCCCNC(=O)CC(=O)O. The van der Waals surface area contributed by atoms with Crippen molar-refractivity contribution in [1.29, 1.82) is 0 Å². The van der Waals surface area contributed by atoms with Crippen LogP contribution in [0.4, 0.5) is 0 Å². The second-order valence-corrected chi connectivity index (χ2v) is 3.55. The zero-order valence-electron chi connectivity index (χ0n) is 9.28. The predicted molar refractivity (Wildman–Crippen MR) is 55.6 cm³/mol. The zero-order chi connectivity index (χ0) is 11.7. The molecule has 2 N–H and O–H groups in total. The molecule has 0 saturated carbocycles. The van der Waals surface area contributed by atoms with Gasteiger partial charge in [0.05, 0.1) is 6.10 Å². The van der Waals surface area contributed by atoms with E-state index in [1.165, 1.54) is 0 Å². The molecule has 0 fully saturated rings. The van der Waals surface area contributed by atoms with Crippen molar-refractivity contribution in [1.82, 2.24) is 5.32 Å². The van der Waals surface area contributed by atoms with Crippen LogP contribution >= 0.6 is 0 Å². The van der Waals surface area contributed by atoms with Crippen molar-refractivity contribution in [3.63, 3.8) is 0 Å². The Kier molecular flexibility index (Phi) is 7.62. The number of unbranched alkanes of at least 4 members (excludes halogenated alkanes) is 1. The van der Waals surface area contributed by atoms with E-state index in [0.29, 0.717) is 13.2 Å². The standard InChI is InChI=1S/C10H19NO4/c1-8(2)15-6-4-3-5-11-9(12)7-10(13)14/h8H,3-7H2,1-2H3,(H,11,12)(H,13,14). The number of rotatable bonds is 8. The monoisotopic (exact) mass is 217 g/mol. The van der Waals surface area contributed by atoms with Crippen LogP contribution in [0.5, 0.6) is 0 Å². The third-order valence-corrected chi connectivity index (χ3v) is 1.66. The van der Waals surface area contributed by atoms with E-state index in [-0.39, 0.29) is 6.10 Å². The summed E-state index contributed by atoms with van der Waals surface area (Å²) in [7, 11) is 0. The molecule has 0 radical (unpaired) electrons. The first-order valence-corrected chi connectivity index (χ1v) is 5.12. The normalized spacial score (nSPS) is 10.3. The van der Waals surface area contributed by atoms with Gasteiger partial charge in [-0.25, -0.2) is 0 Å². The number of amides is 1. The fraction of sp³-hybridized carbons (Fsp3) is 0.800. The van der Waals surface area contributed by atoms with Gasteiger partial charge < -0.3 is 15.2 Å². The van der Waals surface area contributed by atoms with Gasteiger partial charge in [0, 0.05) is 13.2 Å². The molecule has 0 aliphatic heterocycles. The number of nitrogens with one attached hydrogen (secondary N) is 1. The lowest BCUT2D eigenvalue weighted by Crippen LogP contribution is -2.26. The zero-order valence-corrected chi connectivity index (χ0v) is 9.28. The molecule has 15 heavy (non-hydrogen) atoms. The molecule has 5 nitrogen and oxygen atoms in total. The molecule has 0 unspecified atom stereocenters. The number of carboxylic acids is 1. The molecule has 0 aromatic rings. The summed E-state index contributed by atoms with van der Waals surface area (Å²) in [6.45, 7) is 5.11. The number of carbonyl (C=O) groups is 2. The summed E-state index contributed by atoms with van der Waals surface area (Å²) in [5, 5.41) is 10.8. The van der Waals surface area contributed by atoms with E-state index < -0.39 is 18.3 Å². The molecule has 1 amide bonds. The van der Waals surface area contributed by atoms with Crippen LogP contribution in [0.1, 0.15) is 33.1 Å². The molecular weight excluding hydrogens is 198 g/mol. The highest BCUT2D eigenvalue weighted by atomic mass is 16.5. The van der Waals surface area contributed by atoms with Gasteiger partial charge in [-0.05, 0) is 26.7 Å². The minimum atomic E-state index is -1.10. The molecule has 0 aromatic carbocycles. The number of aliphatic carboxylic acids is 1. The van der Waals surface area contributed by atoms with Crippen LogP contribution in [-0.2, 0) is 14.3 Å². The second kappa shape index (κ2) is 8.23. The van der Waals surface area contributed by atoms with E-state index in [1.807, 2.05) is 13.8 Å². The van der Waals surface area contributed by atoms with Crippen LogP contribution in [0, 0.1) is 0 Å². The average Bonchev–Trinajstić information content (AvgIpc) is 2.09. The van der Waals surface area contributed by atoms with Gasteiger partial charge in [0.25, 0.3) is 0 Å². The lowest BCUT2D eigenvalue weighted by Gasteiger charge is -2.07. The maximum Gasteiger partial charge on any atom is 0.312 e. The summed E-state index contributed by atoms with van der Waals surface area (Å²) in [6, 6.07) is 0. The van der Waals surface area contributed by atoms with E-state index in [2.05, 4.69) is 5.32 Å². The van der Waals surface area contributed by atoms with Crippen molar-refractivity contribution in [3.8, 4) is 0 Å². The molecule has 88 valence electrons. The third kappa shape index (κ3) is 10.8. The van der Waals surface area contributed by atoms with Crippen LogP contribution in [0.15, 0.2) is 0 Å². The van der Waals surface area contributed by atoms with Crippen molar-refractivity contribution in [3.05, 3.63) is 0 Å². The van der Waals surface area contributed by atoms with Gasteiger partial charge >= 0.3 is 5.97 Å². The van der Waals surface area contributed by atoms with Gasteiger partial charge in [-0.1, -0.05) is 0 Å². The Morgan fingerprint density at radius 2 is 2.00 bits per heavy atom. The Balaban J connectivity index is 3.24. The summed E-state index contributed by atoms with van der Waals surface area (Å²) < 4.78 is 5.31. The smallest absolute Gasteiger partial charge is 0.312 e. The van der Waals surface area contributed by atoms with Crippen LogP contribution in [0.3, 0.4) is 0 Å². The first-order valence-electron chi connectivity index (χ1n) is 5.12. The van der Waals surface area contributed by atoms with Crippen molar-refractivity contribution in [2.75, 3.05) is 13.2 Å². The van der Waals surface area contributed by atoms with Crippen molar-refractivity contribution >= 4 is 11.9 Å². The summed E-state index contributed by atoms with van der Waals surface area (Å²) in [4.78, 5) is 21.0. The molecule has 0 heterocycles. The van der Waals surface area contributed by atoms with Crippen LogP contribution in [0.2, 0.25) is 0 Å². The molecule has 0 aromatic heterocycles. The van der Waals surface area contributed by atoms with E-state index in [1.54, 1.807) is 0 Å². The highest BCUT2D eigenvalue weighted by Gasteiger charge is 2.05. The Labute approximate surface area is 89.8 Å². The highest BCUT2D eigenvalue weighted by Crippen LogP contribution is 1.93. The quantitative estimate of drug-likeness (QED) is 0.465. The predicted octanol–water partition coefficient (Wildman–Crippen LogP) is 0.782. The van der Waals surface area contributed by atoms with Gasteiger partial charge in [0.2, 0.25) is 5.91 Å². The first-order chi connectivity index (χ1) is 7.02. The topological polar surface area (TPSA) is 75.6 Å². The van der Waals surface area contributed by atoms with Crippen LogP contribution < -0.4 is 5.32 Å². The summed E-state index contributed by atoms with van der Waals surface area (Å²) in [6.07, 6.45) is 1.44. The molecule has 0 atom stereocenters. The minimum Gasteiger partial charge on any atom is -0.481 e. The maximum atomic E-state index is 10.9. The largest absolute Gasteiger partial charge is 0.481 e. The summed E-state index contributed by atoms with van der Waals surface area (Å²) in [5.74, 6) is -1.54. The summed E-state index contributed by atoms with van der Waals surface area (Å²) >= 11 is 0. The van der Waals surface area contributed by atoms with Crippen molar-refractivity contribution in [2.45, 2.75) is 39.2 Å². The lowest BCUT2D eigenvalue weighted by molar-refractivity contribution is -0.140. The molecule has 0 spiro atoms. The number of carboxylic acid groups (broad SMARTS) is 1. The number of hydrogen-bond donors (Lipinski definition) is 2. The van der Waals surface area contributed by atoms with Gasteiger partial charge in [-0.15, -0.1) is 0 Å². The third-order valence-electron chi connectivity index (χ3n) is 1.66. The van der Waals surface area contributed by atoms with Crippen LogP contribution in [-0.4, -0.2) is 36.2 Å². The summed E-state index contributed by atoms with van der Waals surface area (Å²) in [5.41, 5.74) is 0. The van der Waals surface area contributed by atoms with Crippen LogP contribution in [0.25, 0.3) is 0 Å². The highest BCUT2D eigenvalue weighted by molar-refractivity contribution is 5.93. The first kappa shape index (κ1) is 13.9. The molecule has 0 rings (SSSR count). The van der Waals surface area contributed by atoms with E-state index in [0.717, 1.165) is 12.8 Å². The molecule has 0 aliphatic rings. The Morgan fingerprint density at radius 3 is 2.53 bits per heavy atom.